The number of likely N-dealkylation sites (N-methyl/N-ethyl adjacent to an activating group) is 1. The van der Waals surface area contributed by atoms with Gasteiger partial charge in [-0.3, -0.25) is 19.2 Å². The molecule has 48 heavy (non-hydrogen) atoms. The van der Waals surface area contributed by atoms with Gasteiger partial charge in [0.25, 0.3) is 5.91 Å². The van der Waals surface area contributed by atoms with Crippen LogP contribution in [-0.4, -0.2) is 83.8 Å². The van der Waals surface area contributed by atoms with Crippen molar-refractivity contribution >= 4 is 35.5 Å². The van der Waals surface area contributed by atoms with E-state index in [9.17, 15) is 28.8 Å². The van der Waals surface area contributed by atoms with E-state index < -0.39 is 64.8 Å². The summed E-state index contributed by atoms with van der Waals surface area (Å²) in [5.41, 5.74) is -1.43. The minimum Gasteiger partial charge on any atom is -0.458 e. The van der Waals surface area contributed by atoms with Crippen LogP contribution in [0.4, 0.5) is 4.79 Å². The van der Waals surface area contributed by atoms with Crippen LogP contribution in [-0.2, 0) is 28.7 Å². The Morgan fingerprint density at radius 1 is 0.896 bits per heavy atom. The minimum absolute atomic E-state index is 0.0479. The summed E-state index contributed by atoms with van der Waals surface area (Å²) in [6, 6.07) is -4.40. The van der Waals surface area contributed by atoms with Gasteiger partial charge in [0.05, 0.1) is 6.04 Å². The van der Waals surface area contributed by atoms with Crippen LogP contribution in [0.1, 0.15) is 127 Å². The maximum atomic E-state index is 14.6. The maximum absolute atomic E-state index is 14.6. The van der Waals surface area contributed by atoms with Crippen LogP contribution >= 0.6 is 0 Å². The van der Waals surface area contributed by atoms with Gasteiger partial charge in [-0.15, -0.1) is 0 Å². The van der Waals surface area contributed by atoms with E-state index in [2.05, 4.69) is 35.1 Å². The fourth-order valence-corrected chi connectivity index (χ4v) is 6.81. The molecule has 12 heteroatoms. The summed E-state index contributed by atoms with van der Waals surface area (Å²) in [5.74, 6) is -2.65. The van der Waals surface area contributed by atoms with Gasteiger partial charge in [-0.2, -0.15) is 0 Å². The molecule has 2 rings (SSSR count). The molecule has 1 aliphatic heterocycles. The standard InChI is InChI=1S/C36H63N5O7/c1-11-12-18-25(28(42)31(44)37-10)38-30(43)26-20-23(19-22(2)3)21-41(26)32(45)27(24-16-14-13-15-17-24)39-34(47)40-29(35(4,5)6)33(46)48-36(7,8)9/h22-27,29H,11-21H2,1-10H3,(H,37,44)(H,38,43)(H2,39,40,47)/t23-,25?,26+,27+,29-/m1/s1. The van der Waals surface area contributed by atoms with Crippen molar-refractivity contribution in [2.24, 2.45) is 23.2 Å². The third kappa shape index (κ3) is 12.4. The van der Waals surface area contributed by atoms with Crippen molar-refractivity contribution in [2.45, 2.75) is 156 Å². The van der Waals surface area contributed by atoms with Gasteiger partial charge in [0, 0.05) is 13.6 Å². The van der Waals surface area contributed by atoms with E-state index >= 15 is 0 Å². The molecule has 2 fully saturated rings. The number of carbonyl (C=O) groups is 6. The number of ketones is 1. The number of hydrogen-bond acceptors (Lipinski definition) is 7. The fourth-order valence-electron chi connectivity index (χ4n) is 6.81. The first kappa shape index (κ1) is 41.0. The molecule has 4 N–H and O–H groups in total. The van der Waals surface area contributed by atoms with Crippen molar-refractivity contribution in [3.63, 3.8) is 0 Å². The molecule has 0 aromatic rings. The molecule has 1 unspecified atom stereocenters. The van der Waals surface area contributed by atoms with Crippen molar-refractivity contribution < 1.29 is 33.5 Å². The predicted octanol–water partition coefficient (Wildman–Crippen LogP) is 4.24. The first-order valence-electron chi connectivity index (χ1n) is 18.0. The van der Waals surface area contributed by atoms with Crippen LogP contribution in [0, 0.1) is 23.2 Å². The van der Waals surface area contributed by atoms with Crippen LogP contribution < -0.4 is 21.3 Å². The first-order valence-corrected chi connectivity index (χ1v) is 18.0. The van der Waals surface area contributed by atoms with E-state index in [1.807, 2.05) is 27.7 Å². The Balaban J connectivity index is 2.41. The Morgan fingerprint density at radius 2 is 1.52 bits per heavy atom. The summed E-state index contributed by atoms with van der Waals surface area (Å²) in [6.07, 6.45) is 7.30. The van der Waals surface area contributed by atoms with E-state index in [0.717, 1.165) is 44.9 Å². The smallest absolute Gasteiger partial charge is 0.329 e. The Morgan fingerprint density at radius 3 is 2.04 bits per heavy atom. The van der Waals surface area contributed by atoms with Gasteiger partial charge in [-0.05, 0) is 76.0 Å². The molecule has 0 spiro atoms. The highest BCUT2D eigenvalue weighted by Gasteiger charge is 2.45. The average molecular weight is 678 g/mol. The highest BCUT2D eigenvalue weighted by atomic mass is 16.6. The van der Waals surface area contributed by atoms with Crippen LogP contribution in [0.15, 0.2) is 0 Å². The molecule has 1 saturated heterocycles. The molecule has 1 heterocycles. The molecule has 1 saturated carbocycles. The van der Waals surface area contributed by atoms with Crippen molar-refractivity contribution in [1.29, 1.82) is 0 Å². The summed E-state index contributed by atoms with van der Waals surface area (Å²) in [7, 11) is 1.37. The number of amides is 5. The Labute approximate surface area is 288 Å². The lowest BCUT2D eigenvalue weighted by Gasteiger charge is -2.36. The van der Waals surface area contributed by atoms with E-state index in [0.29, 0.717) is 31.7 Å². The highest BCUT2D eigenvalue weighted by molar-refractivity contribution is 6.38. The fraction of sp³-hybridized carbons (Fsp3) is 0.833. The third-order valence-corrected chi connectivity index (χ3v) is 9.17. The second-order valence-corrected chi connectivity index (χ2v) is 16.2. The molecule has 274 valence electrons. The summed E-state index contributed by atoms with van der Waals surface area (Å²) in [6.45, 7) is 17.3. The monoisotopic (exact) mass is 677 g/mol. The molecule has 1 aliphatic carbocycles. The summed E-state index contributed by atoms with van der Waals surface area (Å²) in [5, 5.41) is 10.9. The van der Waals surface area contributed by atoms with Gasteiger partial charge >= 0.3 is 12.0 Å². The van der Waals surface area contributed by atoms with Gasteiger partial charge in [-0.1, -0.05) is 73.6 Å². The summed E-state index contributed by atoms with van der Waals surface area (Å²) >= 11 is 0. The lowest BCUT2D eigenvalue weighted by Crippen LogP contribution is -2.61. The van der Waals surface area contributed by atoms with E-state index in [1.54, 1.807) is 25.7 Å². The molecular formula is C36H63N5O7. The SMILES string of the molecule is CCCCC(NC(=O)[C@@H]1C[C@@H](CC(C)C)CN1C(=O)[C@@H](NC(=O)N[C@H](C(=O)OC(C)(C)C)C(C)(C)C)C1CCCCC1)C(=O)C(=O)NC. The van der Waals surface area contributed by atoms with Crippen LogP contribution in [0.3, 0.4) is 0 Å². The zero-order valence-corrected chi connectivity index (χ0v) is 31.1. The normalized spacial score (nSPS) is 20.8. The number of Topliss-reactive ketones (excluding diaryl/α,β-unsaturated/α-hetero) is 1. The average Bonchev–Trinajstić information content (AvgIpc) is 3.41. The van der Waals surface area contributed by atoms with Crippen LogP contribution in [0.2, 0.25) is 0 Å². The van der Waals surface area contributed by atoms with Crippen LogP contribution in [0.5, 0.6) is 0 Å². The molecular weight excluding hydrogens is 614 g/mol. The molecule has 5 amide bonds. The van der Waals surface area contributed by atoms with E-state index in [-0.39, 0.29) is 17.7 Å². The number of nitrogens with zero attached hydrogens (tertiary/aromatic N) is 1. The van der Waals surface area contributed by atoms with Crippen molar-refractivity contribution in [1.82, 2.24) is 26.2 Å². The molecule has 0 aromatic heterocycles. The summed E-state index contributed by atoms with van der Waals surface area (Å²) in [4.78, 5) is 81.9. The molecule has 5 atom stereocenters. The summed E-state index contributed by atoms with van der Waals surface area (Å²) < 4.78 is 5.61. The first-order chi connectivity index (χ1) is 22.3. The number of carbonyl (C=O) groups excluding carboxylic acids is 6. The maximum Gasteiger partial charge on any atom is 0.329 e. The van der Waals surface area contributed by atoms with Gasteiger partial charge in [-0.25, -0.2) is 9.59 Å². The number of urea groups is 1. The van der Waals surface area contributed by atoms with Gasteiger partial charge < -0.3 is 30.9 Å². The topological polar surface area (TPSA) is 163 Å². The second kappa shape index (κ2) is 18.0. The van der Waals surface area contributed by atoms with Crippen molar-refractivity contribution in [3.8, 4) is 0 Å². The molecule has 12 nitrogen and oxygen atoms in total. The number of likely N-dealkylation sites (tertiary alicyclic amines) is 1. The molecule has 0 radical (unpaired) electrons. The third-order valence-electron chi connectivity index (χ3n) is 9.17. The number of unbranched alkanes of at least 4 members (excludes halogenated alkanes) is 1. The van der Waals surface area contributed by atoms with Gasteiger partial charge in [0.15, 0.2) is 0 Å². The van der Waals surface area contributed by atoms with Gasteiger partial charge in [0.1, 0.15) is 23.7 Å². The zero-order valence-electron chi connectivity index (χ0n) is 31.1. The number of esters is 1. The van der Waals surface area contributed by atoms with Crippen LogP contribution in [0.25, 0.3) is 0 Å². The minimum atomic E-state index is -1.00. The van der Waals surface area contributed by atoms with E-state index in [4.69, 9.17) is 4.74 Å². The molecule has 0 bridgehead atoms. The Bertz CT molecular complexity index is 1140. The largest absolute Gasteiger partial charge is 0.458 e. The number of ether oxygens (including phenoxy) is 1. The Kier molecular flexibility index (Phi) is 15.4. The number of hydrogen-bond donors (Lipinski definition) is 4. The quantitative estimate of drug-likeness (QED) is 0.158. The zero-order chi connectivity index (χ0) is 36.4. The number of rotatable bonds is 14. The predicted molar refractivity (Wildman–Crippen MR) is 185 cm³/mol. The molecule has 2 aliphatic rings. The lowest BCUT2D eigenvalue weighted by molar-refractivity contribution is -0.160. The molecule has 0 aromatic carbocycles. The van der Waals surface area contributed by atoms with E-state index in [1.165, 1.54) is 7.05 Å². The lowest BCUT2D eigenvalue weighted by atomic mass is 9.83. The highest BCUT2D eigenvalue weighted by Crippen LogP contribution is 2.33. The number of nitrogens with one attached hydrogen (secondary N) is 4. The van der Waals surface area contributed by atoms with Gasteiger partial charge in [0.2, 0.25) is 17.6 Å². The second-order valence-electron chi connectivity index (χ2n) is 16.2. The van der Waals surface area contributed by atoms with Crippen molar-refractivity contribution in [3.05, 3.63) is 0 Å². The van der Waals surface area contributed by atoms with Crippen molar-refractivity contribution in [2.75, 3.05) is 13.6 Å². The Hall–Kier alpha value is -3.18.